The van der Waals surface area contributed by atoms with Crippen LogP contribution in [0.15, 0.2) is 34.3 Å². The summed E-state index contributed by atoms with van der Waals surface area (Å²) in [5.41, 5.74) is 4.40. The van der Waals surface area contributed by atoms with Crippen LogP contribution in [0.3, 0.4) is 0 Å². The highest BCUT2D eigenvalue weighted by molar-refractivity contribution is 6.33. The smallest absolute Gasteiger partial charge is 0.119 e. The normalized spacial score (nSPS) is 16.6. The molecule has 2 aliphatic heterocycles. The van der Waals surface area contributed by atoms with Crippen molar-refractivity contribution in [2.45, 2.75) is 0 Å². The molecule has 3 heteroatoms. The fourth-order valence-electron chi connectivity index (χ4n) is 1.89. The minimum absolute atomic E-state index is 0.683. The Kier molecular flexibility index (Phi) is 1.71. The zero-order valence-electron chi connectivity index (χ0n) is 8.40. The van der Waals surface area contributed by atoms with Crippen LogP contribution in [0.25, 0.3) is 5.57 Å². The largest absolute Gasteiger partial charge is 0.497 e. The number of allylic oxidation sites excluding steroid dienone is 1. The van der Waals surface area contributed by atoms with Crippen LogP contribution in [0.1, 0.15) is 5.56 Å². The molecule has 0 bridgehead atoms. The summed E-state index contributed by atoms with van der Waals surface area (Å²) < 4.78 is 5.21. The molecule has 15 heavy (non-hydrogen) atoms. The van der Waals surface area contributed by atoms with E-state index in [1.54, 1.807) is 7.11 Å². The fourth-order valence-corrected chi connectivity index (χ4v) is 1.89. The Morgan fingerprint density at radius 1 is 1.33 bits per heavy atom. The van der Waals surface area contributed by atoms with Gasteiger partial charge in [0.1, 0.15) is 5.75 Å². The number of benzene rings is 1. The third kappa shape index (κ3) is 1.20. The fraction of sp³-hybridized carbons (Fsp3) is 0.167. The van der Waals surface area contributed by atoms with Gasteiger partial charge in [-0.05, 0) is 24.3 Å². The van der Waals surface area contributed by atoms with Crippen LogP contribution in [0, 0.1) is 0 Å². The van der Waals surface area contributed by atoms with Crippen molar-refractivity contribution < 1.29 is 4.74 Å². The van der Waals surface area contributed by atoms with Crippen LogP contribution in [0.4, 0.5) is 5.69 Å². The van der Waals surface area contributed by atoms with Crippen LogP contribution >= 0.6 is 0 Å². The maximum absolute atomic E-state index is 5.21. The van der Waals surface area contributed by atoms with Gasteiger partial charge in [-0.1, -0.05) is 0 Å². The van der Waals surface area contributed by atoms with Crippen molar-refractivity contribution in [3.05, 3.63) is 29.8 Å². The Labute approximate surface area is 87.8 Å². The minimum atomic E-state index is 0.683. The maximum Gasteiger partial charge on any atom is 0.119 e. The summed E-state index contributed by atoms with van der Waals surface area (Å²) in [5.74, 6) is 0.869. The number of methoxy groups -OCH3 is 1. The molecule has 2 heterocycles. The highest BCUT2D eigenvalue weighted by Gasteiger charge is 2.21. The van der Waals surface area contributed by atoms with Crippen molar-refractivity contribution in [3.8, 4) is 5.75 Å². The number of fused-ring (bicyclic) bond motifs is 3. The molecule has 0 unspecified atom stereocenters. The van der Waals surface area contributed by atoms with Gasteiger partial charge >= 0.3 is 0 Å². The summed E-state index contributed by atoms with van der Waals surface area (Å²) in [4.78, 5) is 8.71. The molecule has 0 spiro atoms. The lowest BCUT2D eigenvalue weighted by Crippen LogP contribution is -2.06. The minimum Gasteiger partial charge on any atom is -0.497 e. The second kappa shape index (κ2) is 3.05. The number of dihydropyridines is 1. The first-order valence-corrected chi connectivity index (χ1v) is 4.85. The summed E-state index contributed by atoms with van der Waals surface area (Å²) in [6.45, 7) is 0.683. The van der Waals surface area contributed by atoms with Crippen LogP contribution in [-0.4, -0.2) is 25.6 Å². The molecule has 3 nitrogen and oxygen atoms in total. The highest BCUT2D eigenvalue weighted by atomic mass is 16.5. The van der Waals surface area contributed by atoms with E-state index in [0.29, 0.717) is 6.54 Å². The molecule has 74 valence electrons. The Morgan fingerprint density at radius 2 is 2.27 bits per heavy atom. The van der Waals surface area contributed by atoms with Gasteiger partial charge in [-0.2, -0.15) is 0 Å². The molecule has 2 aliphatic rings. The lowest BCUT2D eigenvalue weighted by molar-refractivity contribution is 0.415. The quantitative estimate of drug-likeness (QED) is 0.681. The van der Waals surface area contributed by atoms with Crippen molar-refractivity contribution >= 4 is 23.2 Å². The summed E-state index contributed by atoms with van der Waals surface area (Å²) in [6, 6.07) is 5.94. The van der Waals surface area contributed by atoms with E-state index in [4.69, 9.17) is 4.74 Å². The van der Waals surface area contributed by atoms with Gasteiger partial charge in [0.2, 0.25) is 0 Å². The maximum atomic E-state index is 5.21. The molecule has 1 aromatic rings. The molecule has 0 radical (unpaired) electrons. The van der Waals surface area contributed by atoms with E-state index in [0.717, 1.165) is 22.7 Å². The number of rotatable bonds is 1. The second-order valence-corrected chi connectivity index (χ2v) is 3.51. The number of ether oxygens (including phenoxy) is 1. The summed E-state index contributed by atoms with van der Waals surface area (Å²) in [6.07, 6.45) is 3.84. The van der Waals surface area contributed by atoms with Crippen LogP contribution < -0.4 is 4.74 Å². The van der Waals surface area contributed by atoms with Crippen molar-refractivity contribution in [2.75, 3.05) is 13.7 Å². The zero-order valence-corrected chi connectivity index (χ0v) is 8.40. The molecule has 0 amide bonds. The van der Waals surface area contributed by atoms with Crippen molar-refractivity contribution in [2.24, 2.45) is 9.98 Å². The van der Waals surface area contributed by atoms with Gasteiger partial charge in [0, 0.05) is 17.4 Å². The SMILES string of the molecule is COc1ccc2c(c1)C1=CC=NCC1=N2. The van der Waals surface area contributed by atoms with E-state index < -0.39 is 0 Å². The first-order chi connectivity index (χ1) is 7.38. The molecule has 0 saturated heterocycles. The van der Waals surface area contributed by atoms with Crippen molar-refractivity contribution in [3.63, 3.8) is 0 Å². The van der Waals surface area contributed by atoms with Crippen LogP contribution in [0.5, 0.6) is 5.75 Å². The molecule has 0 aliphatic carbocycles. The average Bonchev–Trinajstić information content (AvgIpc) is 2.66. The lowest BCUT2D eigenvalue weighted by Gasteiger charge is -2.06. The number of hydrogen-bond acceptors (Lipinski definition) is 3. The third-order valence-corrected chi connectivity index (χ3v) is 2.65. The van der Waals surface area contributed by atoms with Gasteiger partial charge in [-0.3, -0.25) is 9.98 Å². The molecule has 0 atom stereocenters. The van der Waals surface area contributed by atoms with E-state index >= 15 is 0 Å². The Bertz CT molecular complexity index is 512. The highest BCUT2D eigenvalue weighted by Crippen LogP contribution is 2.37. The Morgan fingerprint density at radius 3 is 3.13 bits per heavy atom. The molecule has 0 fully saturated rings. The average molecular weight is 198 g/mol. The van der Waals surface area contributed by atoms with Gasteiger partial charge < -0.3 is 4.74 Å². The number of nitrogens with zero attached hydrogens (tertiary/aromatic N) is 2. The van der Waals surface area contributed by atoms with E-state index in [1.807, 2.05) is 30.5 Å². The van der Waals surface area contributed by atoms with Crippen molar-refractivity contribution in [1.29, 1.82) is 0 Å². The molecule has 1 aromatic carbocycles. The topological polar surface area (TPSA) is 34.0 Å². The van der Waals surface area contributed by atoms with Crippen molar-refractivity contribution in [1.82, 2.24) is 0 Å². The van der Waals surface area contributed by atoms with Gasteiger partial charge in [0.15, 0.2) is 0 Å². The predicted octanol–water partition coefficient (Wildman–Crippen LogP) is 2.25. The number of aliphatic imine (C=N–C) groups is 2. The Balaban J connectivity index is 2.17. The van der Waals surface area contributed by atoms with Crippen LogP contribution in [-0.2, 0) is 0 Å². The van der Waals surface area contributed by atoms with E-state index in [2.05, 4.69) is 9.98 Å². The lowest BCUT2D eigenvalue weighted by atomic mass is 10.0. The predicted molar refractivity (Wildman–Crippen MR) is 61.4 cm³/mol. The zero-order chi connectivity index (χ0) is 10.3. The Hall–Kier alpha value is -1.90. The second-order valence-electron chi connectivity index (χ2n) is 3.51. The monoisotopic (exact) mass is 198 g/mol. The first-order valence-electron chi connectivity index (χ1n) is 4.85. The summed E-state index contributed by atoms with van der Waals surface area (Å²) >= 11 is 0. The van der Waals surface area contributed by atoms with Crippen LogP contribution in [0.2, 0.25) is 0 Å². The standard InChI is InChI=1S/C12H10N2O/c1-15-8-2-3-11-10(6-8)9-4-5-13-7-12(9)14-11/h2-6H,7H2,1H3. The van der Waals surface area contributed by atoms with E-state index in [9.17, 15) is 0 Å². The molecule has 3 rings (SSSR count). The van der Waals surface area contributed by atoms with Gasteiger partial charge in [0.05, 0.1) is 25.1 Å². The molecule has 0 saturated carbocycles. The number of hydrogen-bond donors (Lipinski definition) is 0. The molecular formula is C12H10N2O. The molecule has 0 aromatic heterocycles. The van der Waals surface area contributed by atoms with E-state index in [1.165, 1.54) is 5.57 Å². The molecular weight excluding hydrogens is 188 g/mol. The van der Waals surface area contributed by atoms with Gasteiger partial charge in [0.25, 0.3) is 0 Å². The first kappa shape index (κ1) is 8.41. The molecule has 0 N–H and O–H groups in total. The summed E-state index contributed by atoms with van der Waals surface area (Å²) in [7, 11) is 1.68. The summed E-state index contributed by atoms with van der Waals surface area (Å²) in [5, 5.41) is 0. The van der Waals surface area contributed by atoms with Gasteiger partial charge in [-0.15, -0.1) is 0 Å². The third-order valence-electron chi connectivity index (χ3n) is 2.65. The van der Waals surface area contributed by atoms with E-state index in [-0.39, 0.29) is 0 Å². The van der Waals surface area contributed by atoms with Gasteiger partial charge in [-0.25, -0.2) is 0 Å².